The highest BCUT2D eigenvalue weighted by atomic mass is 14.9. The maximum absolute atomic E-state index is 3.18. The summed E-state index contributed by atoms with van der Waals surface area (Å²) in [6.45, 7) is 4.30. The molecule has 0 bridgehead atoms. The Balaban J connectivity index is 2.27. The summed E-state index contributed by atoms with van der Waals surface area (Å²) in [6.07, 6.45) is 4.70. The van der Waals surface area contributed by atoms with Crippen LogP contribution in [0.3, 0.4) is 0 Å². The van der Waals surface area contributed by atoms with Crippen LogP contribution in [-0.4, -0.2) is 11.6 Å². The van der Waals surface area contributed by atoms with E-state index in [2.05, 4.69) is 47.3 Å². The molecule has 0 spiro atoms. The third kappa shape index (κ3) is 2.27. The van der Waals surface area contributed by atoms with E-state index in [4.69, 9.17) is 0 Å². The molecule has 0 unspecified atom stereocenters. The Labute approximate surface area is 97.3 Å². The Bertz CT molecular complexity index is 457. The minimum atomic E-state index is 0.941. The van der Waals surface area contributed by atoms with E-state index in [0.29, 0.717) is 0 Å². The van der Waals surface area contributed by atoms with Crippen LogP contribution in [0.15, 0.2) is 30.5 Å². The van der Waals surface area contributed by atoms with Gasteiger partial charge in [-0.1, -0.05) is 19.4 Å². The highest BCUT2D eigenvalue weighted by Crippen LogP contribution is 2.18. The first-order valence-electron chi connectivity index (χ1n) is 6.07. The van der Waals surface area contributed by atoms with Gasteiger partial charge in [-0.05, 0) is 42.6 Å². The molecule has 0 radical (unpaired) electrons. The van der Waals surface area contributed by atoms with Crippen LogP contribution < -0.4 is 5.32 Å². The van der Waals surface area contributed by atoms with Crippen molar-refractivity contribution in [2.24, 2.45) is 0 Å². The van der Waals surface area contributed by atoms with Crippen LogP contribution in [0.4, 0.5) is 0 Å². The van der Waals surface area contributed by atoms with E-state index in [-0.39, 0.29) is 0 Å². The number of fused-ring (bicyclic) bond motifs is 1. The van der Waals surface area contributed by atoms with Crippen molar-refractivity contribution in [3.05, 3.63) is 36.0 Å². The normalized spacial score (nSPS) is 11.1. The molecule has 0 aliphatic carbocycles. The number of benzene rings is 1. The number of hydrogen-bond donors (Lipinski definition) is 1. The average molecular weight is 216 g/mol. The van der Waals surface area contributed by atoms with Gasteiger partial charge in [0.15, 0.2) is 0 Å². The second kappa shape index (κ2) is 5.17. The third-order valence-electron chi connectivity index (χ3n) is 2.97. The summed E-state index contributed by atoms with van der Waals surface area (Å²) in [6, 6.07) is 8.93. The molecular weight excluding hydrogens is 196 g/mol. The van der Waals surface area contributed by atoms with Gasteiger partial charge >= 0.3 is 0 Å². The summed E-state index contributed by atoms with van der Waals surface area (Å²) in [4.78, 5) is 0. The molecule has 0 aliphatic rings. The highest BCUT2D eigenvalue weighted by molar-refractivity contribution is 5.80. The molecule has 2 rings (SSSR count). The molecular formula is C14H20N2. The predicted octanol–water partition coefficient (Wildman–Crippen LogP) is 3.16. The Hall–Kier alpha value is -1.28. The Morgan fingerprint density at radius 3 is 2.88 bits per heavy atom. The number of unbranched alkanes of at least 4 members (excludes halogenated alkanes) is 1. The summed E-state index contributed by atoms with van der Waals surface area (Å²) >= 11 is 0. The van der Waals surface area contributed by atoms with Crippen LogP contribution in [0.25, 0.3) is 10.9 Å². The van der Waals surface area contributed by atoms with E-state index in [9.17, 15) is 0 Å². The van der Waals surface area contributed by atoms with Crippen LogP contribution in [0, 0.1) is 0 Å². The van der Waals surface area contributed by atoms with E-state index in [1.807, 2.05) is 7.05 Å². The number of aromatic nitrogens is 1. The van der Waals surface area contributed by atoms with Gasteiger partial charge in [0.1, 0.15) is 0 Å². The van der Waals surface area contributed by atoms with Crippen molar-refractivity contribution in [2.45, 2.75) is 32.9 Å². The fraction of sp³-hybridized carbons (Fsp3) is 0.429. The molecule has 0 saturated carbocycles. The molecule has 1 aromatic carbocycles. The maximum atomic E-state index is 3.18. The lowest BCUT2D eigenvalue weighted by Gasteiger charge is -2.05. The first-order valence-corrected chi connectivity index (χ1v) is 6.07. The number of rotatable bonds is 5. The Morgan fingerprint density at radius 1 is 1.25 bits per heavy atom. The van der Waals surface area contributed by atoms with Crippen LogP contribution >= 0.6 is 0 Å². The molecule has 0 aliphatic heterocycles. The summed E-state index contributed by atoms with van der Waals surface area (Å²) in [7, 11) is 1.98. The summed E-state index contributed by atoms with van der Waals surface area (Å²) in [5, 5.41) is 4.53. The minimum absolute atomic E-state index is 0.941. The Kier molecular flexibility index (Phi) is 3.62. The van der Waals surface area contributed by atoms with Crippen LogP contribution in [0.1, 0.15) is 25.3 Å². The van der Waals surface area contributed by atoms with Gasteiger partial charge in [0.05, 0.1) is 0 Å². The van der Waals surface area contributed by atoms with E-state index >= 15 is 0 Å². The fourth-order valence-electron chi connectivity index (χ4n) is 2.09. The van der Waals surface area contributed by atoms with Crippen molar-refractivity contribution in [3.8, 4) is 0 Å². The smallest absolute Gasteiger partial charge is 0.0480 e. The zero-order valence-corrected chi connectivity index (χ0v) is 10.2. The summed E-state index contributed by atoms with van der Waals surface area (Å²) in [5.74, 6) is 0. The Morgan fingerprint density at radius 2 is 2.12 bits per heavy atom. The van der Waals surface area contributed by atoms with E-state index in [0.717, 1.165) is 13.1 Å². The van der Waals surface area contributed by atoms with Crippen molar-refractivity contribution in [1.82, 2.24) is 9.88 Å². The summed E-state index contributed by atoms with van der Waals surface area (Å²) in [5.41, 5.74) is 2.71. The SMILES string of the molecule is CCCCn1ccc2cc(CNC)ccc21. The van der Waals surface area contributed by atoms with Gasteiger partial charge in [0, 0.05) is 24.8 Å². The maximum Gasteiger partial charge on any atom is 0.0480 e. The number of aryl methyl sites for hydroxylation is 1. The molecule has 0 atom stereocenters. The molecule has 2 nitrogen and oxygen atoms in total. The van der Waals surface area contributed by atoms with Crippen LogP contribution in [-0.2, 0) is 13.1 Å². The molecule has 16 heavy (non-hydrogen) atoms. The fourth-order valence-corrected chi connectivity index (χ4v) is 2.09. The zero-order valence-electron chi connectivity index (χ0n) is 10.2. The molecule has 1 heterocycles. The minimum Gasteiger partial charge on any atom is -0.347 e. The van der Waals surface area contributed by atoms with E-state index in [1.165, 1.54) is 29.3 Å². The zero-order chi connectivity index (χ0) is 11.4. The van der Waals surface area contributed by atoms with Crippen molar-refractivity contribution in [2.75, 3.05) is 7.05 Å². The van der Waals surface area contributed by atoms with Gasteiger partial charge in [-0.25, -0.2) is 0 Å². The van der Waals surface area contributed by atoms with Crippen molar-refractivity contribution in [1.29, 1.82) is 0 Å². The van der Waals surface area contributed by atoms with Crippen molar-refractivity contribution < 1.29 is 0 Å². The first kappa shape index (κ1) is 11.2. The lowest BCUT2D eigenvalue weighted by Crippen LogP contribution is -2.04. The largest absolute Gasteiger partial charge is 0.347 e. The van der Waals surface area contributed by atoms with E-state index in [1.54, 1.807) is 0 Å². The molecule has 2 heteroatoms. The van der Waals surface area contributed by atoms with Crippen LogP contribution in [0.5, 0.6) is 0 Å². The van der Waals surface area contributed by atoms with Gasteiger partial charge in [-0.2, -0.15) is 0 Å². The molecule has 0 fully saturated rings. The second-order valence-electron chi connectivity index (χ2n) is 4.29. The van der Waals surface area contributed by atoms with Crippen molar-refractivity contribution >= 4 is 10.9 Å². The average Bonchev–Trinajstić information content (AvgIpc) is 2.69. The first-order chi connectivity index (χ1) is 7.85. The molecule has 86 valence electrons. The number of nitrogens with zero attached hydrogens (tertiary/aromatic N) is 1. The van der Waals surface area contributed by atoms with Gasteiger partial charge < -0.3 is 9.88 Å². The van der Waals surface area contributed by atoms with Gasteiger partial charge in [-0.15, -0.1) is 0 Å². The number of nitrogens with one attached hydrogen (secondary N) is 1. The molecule has 0 amide bonds. The topological polar surface area (TPSA) is 17.0 Å². The summed E-state index contributed by atoms with van der Waals surface area (Å²) < 4.78 is 2.35. The quantitative estimate of drug-likeness (QED) is 0.812. The molecule has 1 aromatic heterocycles. The molecule has 1 N–H and O–H groups in total. The standard InChI is InChI=1S/C14H20N2/c1-3-4-8-16-9-7-13-10-12(11-15-2)5-6-14(13)16/h5-7,9-10,15H,3-4,8,11H2,1-2H3. The van der Waals surface area contributed by atoms with Crippen LogP contribution in [0.2, 0.25) is 0 Å². The monoisotopic (exact) mass is 216 g/mol. The molecule has 0 saturated heterocycles. The van der Waals surface area contributed by atoms with Gasteiger partial charge in [0.25, 0.3) is 0 Å². The highest BCUT2D eigenvalue weighted by Gasteiger charge is 2.01. The van der Waals surface area contributed by atoms with Gasteiger partial charge in [-0.3, -0.25) is 0 Å². The molecule has 2 aromatic rings. The lowest BCUT2D eigenvalue weighted by molar-refractivity contribution is 0.650. The van der Waals surface area contributed by atoms with Gasteiger partial charge in [0.2, 0.25) is 0 Å². The van der Waals surface area contributed by atoms with E-state index < -0.39 is 0 Å². The predicted molar refractivity (Wildman–Crippen MR) is 69.6 cm³/mol. The van der Waals surface area contributed by atoms with Crippen molar-refractivity contribution in [3.63, 3.8) is 0 Å². The second-order valence-corrected chi connectivity index (χ2v) is 4.29. The third-order valence-corrected chi connectivity index (χ3v) is 2.97. The number of hydrogen-bond acceptors (Lipinski definition) is 1. The lowest BCUT2D eigenvalue weighted by atomic mass is 10.1.